The lowest BCUT2D eigenvalue weighted by molar-refractivity contribution is 0.332. The van der Waals surface area contributed by atoms with Gasteiger partial charge in [-0.2, -0.15) is 0 Å². The van der Waals surface area contributed by atoms with Crippen LogP contribution in [0.2, 0.25) is 0 Å². The van der Waals surface area contributed by atoms with Gasteiger partial charge in [-0.15, -0.1) is 0 Å². The SMILES string of the molecule is Cc1cc2c3c4c1c1c5ccccc5ccc1n4-c1cc4c(cc1B3N(c1ccc3c(c1)C(C)(C)CCC3(C)C)c1cc3c(cc1-2)C(C)(C)CCC3(C)C)C(C)(C)CCC4(C)C. The fourth-order valence-electron chi connectivity index (χ4n) is 13.6. The third-order valence-electron chi connectivity index (χ3n) is 17.9. The lowest BCUT2D eigenvalue weighted by Gasteiger charge is -2.48. The molecular weight excluding hydrogens is 747 g/mol. The molecule has 3 heterocycles. The standard InChI is InChI=1S/C59H65BN2/c1-34-28-39-38-30-42-44(58(10,11)26-24-56(42,6)7)32-48(38)62(36-19-20-40-41(29-36)55(4,5)23-22-54(40,2)3)60-46-31-43-45(59(12,13)27-25-57(43,8)9)33-49(46)61-47-21-18-35-16-14-15-17-37(35)51(47)50(34)53(61)52(39)60/h14-21,28-33H,22-27H2,1-13H3. The highest BCUT2D eigenvalue weighted by atomic mass is 15.1. The van der Waals surface area contributed by atoms with Crippen molar-refractivity contribution in [3.63, 3.8) is 0 Å². The summed E-state index contributed by atoms with van der Waals surface area (Å²) in [5.41, 5.74) is 23.7. The Morgan fingerprint density at radius 2 is 1.00 bits per heavy atom. The summed E-state index contributed by atoms with van der Waals surface area (Å²) < 4.78 is 2.74. The third-order valence-corrected chi connectivity index (χ3v) is 17.9. The first-order valence-corrected chi connectivity index (χ1v) is 23.9. The van der Waals surface area contributed by atoms with Gasteiger partial charge in [0.15, 0.2) is 0 Å². The molecule has 0 bridgehead atoms. The van der Waals surface area contributed by atoms with Crippen molar-refractivity contribution in [2.45, 2.75) is 161 Å². The zero-order valence-electron chi connectivity index (χ0n) is 39.8. The molecule has 3 aliphatic carbocycles. The Bertz CT molecular complexity index is 3160. The second-order valence-electron chi connectivity index (χ2n) is 24.6. The third kappa shape index (κ3) is 4.95. The van der Waals surface area contributed by atoms with E-state index in [1.807, 2.05) is 0 Å². The minimum Gasteiger partial charge on any atom is -0.376 e. The van der Waals surface area contributed by atoms with Crippen molar-refractivity contribution in [1.82, 2.24) is 4.57 Å². The Kier molecular flexibility index (Phi) is 7.45. The number of rotatable bonds is 1. The molecule has 5 aliphatic rings. The summed E-state index contributed by atoms with van der Waals surface area (Å²) >= 11 is 0. The lowest BCUT2D eigenvalue weighted by Crippen LogP contribution is -2.61. The predicted octanol–water partition coefficient (Wildman–Crippen LogP) is 14.5. The van der Waals surface area contributed by atoms with Crippen LogP contribution in [0.4, 0.5) is 11.4 Å². The van der Waals surface area contributed by atoms with Crippen molar-refractivity contribution < 1.29 is 0 Å². The average Bonchev–Trinajstić information content (AvgIpc) is 3.59. The Morgan fingerprint density at radius 1 is 0.468 bits per heavy atom. The fourth-order valence-corrected chi connectivity index (χ4v) is 13.6. The number of hydrogen-bond acceptors (Lipinski definition) is 1. The molecule has 2 aliphatic heterocycles. The van der Waals surface area contributed by atoms with Gasteiger partial charge in [0, 0.05) is 33.4 Å². The second kappa shape index (κ2) is 11.9. The number of hydrogen-bond donors (Lipinski definition) is 0. The number of aromatic nitrogens is 1. The lowest BCUT2D eigenvalue weighted by atomic mass is 9.43. The highest BCUT2D eigenvalue weighted by molar-refractivity contribution is 6.93. The van der Waals surface area contributed by atoms with E-state index >= 15 is 0 Å². The molecule has 0 fully saturated rings. The van der Waals surface area contributed by atoms with E-state index in [9.17, 15) is 0 Å². The molecule has 1 aromatic heterocycles. The van der Waals surface area contributed by atoms with E-state index < -0.39 is 0 Å². The van der Waals surface area contributed by atoms with Crippen LogP contribution in [0.15, 0.2) is 84.9 Å². The van der Waals surface area contributed by atoms with Gasteiger partial charge in [0.05, 0.1) is 11.0 Å². The first kappa shape index (κ1) is 38.9. The molecule has 3 heteroatoms. The van der Waals surface area contributed by atoms with Gasteiger partial charge in [-0.3, -0.25) is 0 Å². The molecule has 0 spiro atoms. The molecule has 2 nitrogen and oxygen atoms in total. The quantitative estimate of drug-likeness (QED) is 0.150. The molecular formula is C59H65BN2. The van der Waals surface area contributed by atoms with Gasteiger partial charge >= 0.3 is 6.85 Å². The van der Waals surface area contributed by atoms with Crippen molar-refractivity contribution in [1.29, 1.82) is 0 Å². The summed E-state index contributed by atoms with van der Waals surface area (Å²) in [6.45, 7) is 32.3. The molecule has 0 atom stereocenters. The summed E-state index contributed by atoms with van der Waals surface area (Å²) in [5.74, 6) is 0. The van der Waals surface area contributed by atoms with E-state index in [1.54, 1.807) is 0 Å². The van der Waals surface area contributed by atoms with Crippen LogP contribution in [0.1, 0.15) is 161 Å². The molecule has 6 aromatic carbocycles. The first-order valence-electron chi connectivity index (χ1n) is 23.9. The summed E-state index contributed by atoms with van der Waals surface area (Å²) in [5, 5.41) is 5.47. The van der Waals surface area contributed by atoms with Gasteiger partial charge in [0.2, 0.25) is 0 Å². The van der Waals surface area contributed by atoms with Crippen LogP contribution in [0.5, 0.6) is 0 Å². The van der Waals surface area contributed by atoms with Crippen LogP contribution in [0.25, 0.3) is 49.4 Å². The number of fused-ring (bicyclic) bond motifs is 13. The molecule has 0 radical (unpaired) electrons. The molecule has 0 N–H and O–H groups in total. The predicted molar refractivity (Wildman–Crippen MR) is 268 cm³/mol. The number of benzene rings is 6. The Balaban J connectivity index is 1.29. The maximum absolute atomic E-state index is 2.86. The Morgan fingerprint density at radius 3 is 1.63 bits per heavy atom. The van der Waals surface area contributed by atoms with Gasteiger partial charge in [0.25, 0.3) is 0 Å². The summed E-state index contributed by atoms with van der Waals surface area (Å²) in [4.78, 5) is 2.86. The molecule has 12 rings (SSSR count). The largest absolute Gasteiger partial charge is 0.376 e. The number of anilines is 2. The van der Waals surface area contributed by atoms with Crippen molar-refractivity contribution in [3.05, 3.63) is 124 Å². The maximum atomic E-state index is 2.86. The molecule has 62 heavy (non-hydrogen) atoms. The van der Waals surface area contributed by atoms with Gasteiger partial charge in [0.1, 0.15) is 0 Å². The minimum absolute atomic E-state index is 0.000316. The Labute approximate surface area is 371 Å². The highest BCUT2D eigenvalue weighted by Gasteiger charge is 2.49. The summed E-state index contributed by atoms with van der Waals surface area (Å²) in [6, 6.07) is 34.9. The second-order valence-corrected chi connectivity index (χ2v) is 24.6. The summed E-state index contributed by atoms with van der Waals surface area (Å²) in [7, 11) is 0. The van der Waals surface area contributed by atoms with Crippen LogP contribution in [0, 0.1) is 6.92 Å². The van der Waals surface area contributed by atoms with E-state index in [0.717, 1.165) is 0 Å². The summed E-state index contributed by atoms with van der Waals surface area (Å²) in [6.07, 6.45) is 7.20. The van der Waals surface area contributed by atoms with Crippen molar-refractivity contribution in [3.8, 4) is 16.8 Å². The molecule has 0 saturated carbocycles. The van der Waals surface area contributed by atoms with Crippen LogP contribution in [-0.4, -0.2) is 11.4 Å². The average molecular weight is 813 g/mol. The van der Waals surface area contributed by atoms with E-state index in [1.165, 1.54) is 149 Å². The van der Waals surface area contributed by atoms with E-state index in [4.69, 9.17) is 0 Å². The van der Waals surface area contributed by atoms with Gasteiger partial charge < -0.3 is 9.38 Å². The fraction of sp³-hybridized carbons (Fsp3) is 0.424. The minimum atomic E-state index is 0.000316. The number of nitrogens with zero attached hydrogens (tertiary/aromatic N) is 2. The smallest absolute Gasteiger partial charge is 0.333 e. The maximum Gasteiger partial charge on any atom is 0.333 e. The van der Waals surface area contributed by atoms with Crippen LogP contribution in [-0.2, 0) is 32.5 Å². The van der Waals surface area contributed by atoms with Crippen molar-refractivity contribution in [2.75, 3.05) is 4.81 Å². The van der Waals surface area contributed by atoms with E-state index in [2.05, 4.69) is 184 Å². The van der Waals surface area contributed by atoms with E-state index in [-0.39, 0.29) is 39.3 Å². The zero-order valence-corrected chi connectivity index (χ0v) is 39.8. The Hall–Kier alpha value is -4.76. The van der Waals surface area contributed by atoms with Crippen molar-refractivity contribution >= 4 is 61.7 Å². The van der Waals surface area contributed by atoms with Crippen LogP contribution >= 0.6 is 0 Å². The highest BCUT2D eigenvalue weighted by Crippen LogP contribution is 2.55. The first-order chi connectivity index (χ1) is 29.1. The number of aryl methyl sites for hydroxylation is 1. The molecule has 314 valence electrons. The molecule has 7 aromatic rings. The molecule has 0 amide bonds. The van der Waals surface area contributed by atoms with Gasteiger partial charge in [-0.1, -0.05) is 132 Å². The van der Waals surface area contributed by atoms with Crippen molar-refractivity contribution in [2.24, 2.45) is 0 Å². The zero-order chi connectivity index (χ0) is 43.4. The van der Waals surface area contributed by atoms with Gasteiger partial charge in [-0.25, -0.2) is 0 Å². The van der Waals surface area contributed by atoms with Crippen LogP contribution in [0.3, 0.4) is 0 Å². The topological polar surface area (TPSA) is 8.17 Å². The monoisotopic (exact) mass is 813 g/mol. The normalized spacial score (nSPS) is 21.3. The molecule has 0 saturated heterocycles. The van der Waals surface area contributed by atoms with E-state index in [0.29, 0.717) is 0 Å². The molecule has 0 unspecified atom stereocenters. The van der Waals surface area contributed by atoms with Gasteiger partial charge in [-0.05, 0) is 181 Å². The van der Waals surface area contributed by atoms with Crippen LogP contribution < -0.4 is 15.7 Å².